The van der Waals surface area contributed by atoms with Crippen LogP contribution in [0.1, 0.15) is 147 Å². The van der Waals surface area contributed by atoms with Gasteiger partial charge in [0.1, 0.15) is 30.0 Å². The van der Waals surface area contributed by atoms with Crippen molar-refractivity contribution in [3.05, 3.63) is 0 Å². The third-order valence-electron chi connectivity index (χ3n) is 14.6. The van der Waals surface area contributed by atoms with Crippen LogP contribution in [-0.4, -0.2) is 170 Å². The van der Waals surface area contributed by atoms with Crippen molar-refractivity contribution in [3.63, 3.8) is 0 Å². The Morgan fingerprint density at radius 2 is 1.53 bits per heavy atom. The molecule has 0 saturated carbocycles. The first kappa shape index (κ1) is 58.3. The molecule has 0 unspecified atom stereocenters. The van der Waals surface area contributed by atoms with Crippen molar-refractivity contribution >= 4 is 17.8 Å². The molecule has 3 heterocycles. The minimum Gasteiger partial charge on any atom is -0.459 e. The van der Waals surface area contributed by atoms with Crippen molar-refractivity contribution < 1.29 is 67.6 Å². The molecule has 386 valence electrons. The van der Waals surface area contributed by atoms with E-state index < -0.39 is 102 Å². The van der Waals surface area contributed by atoms with Gasteiger partial charge in [0, 0.05) is 58.1 Å². The van der Waals surface area contributed by atoms with E-state index in [9.17, 15) is 29.7 Å². The molecule has 66 heavy (non-hydrogen) atoms. The van der Waals surface area contributed by atoms with Gasteiger partial charge in [0.25, 0.3) is 0 Å². The highest BCUT2D eigenvalue weighted by Crippen LogP contribution is 2.41. The van der Waals surface area contributed by atoms with Crippen LogP contribution in [0.5, 0.6) is 0 Å². The van der Waals surface area contributed by atoms with Crippen LogP contribution >= 0.6 is 0 Å². The number of unbranched alkanes of at least 4 members (excludes halogenated alkanes) is 4. The van der Waals surface area contributed by atoms with Gasteiger partial charge in [0.05, 0.1) is 47.6 Å². The second kappa shape index (κ2) is 26.3. The molecule has 17 nitrogen and oxygen atoms in total. The highest BCUT2D eigenvalue weighted by Gasteiger charge is 2.53. The maximum absolute atomic E-state index is 14.7. The number of aliphatic hydroxyl groups is 3. The fraction of sp³-hybridized carbons (Fsp3) is 0.939. The van der Waals surface area contributed by atoms with E-state index in [0.717, 1.165) is 32.1 Å². The Labute approximate surface area is 396 Å². The SMILES string of the molecule is CCCCCCCC(=O)NCCCO[C@@H]1[C@@H](C)NC(=O)[C@H](C)C[C@@](C)(OC)[C@H](O[C@@H]2O[C@H](C)C[C@H](N(C)C)[C@H]2O)[C@@H](C)[C@H](O[C@H]2C[C@@](C)(OC)[C@@H](O)[C@H](C)O2)[C@@H](C)C(=O)O[C@H](CC)[C@@]1(C)O. The predicted molar refractivity (Wildman–Crippen MR) is 249 cm³/mol. The zero-order chi connectivity index (χ0) is 49.7. The minimum atomic E-state index is -1.82. The molecule has 0 aromatic rings. The quantitative estimate of drug-likeness (QED) is 0.0883. The highest BCUT2D eigenvalue weighted by atomic mass is 16.7. The molecule has 0 aromatic heterocycles. The standard InChI is InChI=1S/C49H91N3O14/c1-16-18-19-20-21-23-37(53)50-24-22-25-61-43-33(7)51-44(56)29(3)27-48(10,60-15)42(66-46-39(54)35(52(12)13)26-30(4)62-46)31(5)40(32(6)45(57)64-36(17-2)49(43,11)58)65-38-28-47(9,59-14)41(55)34(8)63-38/h29-36,38-43,46,54-55,58H,16-28H2,1-15H3,(H,50,53)(H,51,56)/t29-,30-,31+,32-,33-,34+,35+,36-,38+,39-,40+,41+,42-,43-,46+,47-,48-,49-/m1/s1. The van der Waals surface area contributed by atoms with Crippen molar-refractivity contribution in [3.8, 4) is 0 Å². The largest absolute Gasteiger partial charge is 0.459 e. The van der Waals surface area contributed by atoms with E-state index >= 15 is 0 Å². The Morgan fingerprint density at radius 1 is 0.879 bits per heavy atom. The smallest absolute Gasteiger partial charge is 0.311 e. The number of esters is 1. The molecule has 18 atom stereocenters. The highest BCUT2D eigenvalue weighted by molar-refractivity contribution is 5.79. The van der Waals surface area contributed by atoms with Crippen LogP contribution < -0.4 is 10.6 Å². The summed E-state index contributed by atoms with van der Waals surface area (Å²) in [5.41, 5.74) is -4.14. The fourth-order valence-corrected chi connectivity index (χ4v) is 10.2. The maximum Gasteiger partial charge on any atom is 0.311 e. The first-order valence-electron chi connectivity index (χ1n) is 24.8. The lowest BCUT2D eigenvalue weighted by atomic mass is 9.77. The van der Waals surface area contributed by atoms with E-state index in [-0.39, 0.29) is 49.8 Å². The summed E-state index contributed by atoms with van der Waals surface area (Å²) in [6, 6.07) is -1.07. The first-order valence-corrected chi connectivity index (χ1v) is 24.8. The Hall–Kier alpha value is -2.03. The Morgan fingerprint density at radius 3 is 2.14 bits per heavy atom. The maximum atomic E-state index is 14.7. The van der Waals surface area contributed by atoms with Gasteiger partial charge in [-0.15, -0.1) is 0 Å². The summed E-state index contributed by atoms with van der Waals surface area (Å²) < 4.78 is 51.2. The minimum absolute atomic E-state index is 0.0222. The molecule has 0 aromatic carbocycles. The zero-order valence-electron chi connectivity index (χ0n) is 43.1. The number of ether oxygens (including phenoxy) is 8. The molecule has 3 saturated heterocycles. The molecule has 0 spiro atoms. The Bertz CT molecular complexity index is 1490. The summed E-state index contributed by atoms with van der Waals surface area (Å²) in [4.78, 5) is 43.5. The average Bonchev–Trinajstić information content (AvgIpc) is 3.26. The number of rotatable bonds is 19. The van der Waals surface area contributed by atoms with Crippen LogP contribution in [0, 0.1) is 17.8 Å². The van der Waals surface area contributed by atoms with Crippen molar-refractivity contribution in [1.82, 2.24) is 15.5 Å². The fourth-order valence-electron chi connectivity index (χ4n) is 10.2. The van der Waals surface area contributed by atoms with E-state index in [1.807, 2.05) is 39.8 Å². The normalized spacial score (nSPS) is 41.1. The predicted octanol–water partition coefficient (Wildman–Crippen LogP) is 4.63. The molecular weight excluding hydrogens is 855 g/mol. The van der Waals surface area contributed by atoms with Gasteiger partial charge >= 0.3 is 5.97 Å². The third-order valence-corrected chi connectivity index (χ3v) is 14.6. The zero-order valence-corrected chi connectivity index (χ0v) is 43.1. The van der Waals surface area contributed by atoms with Gasteiger partial charge in [0.2, 0.25) is 11.8 Å². The van der Waals surface area contributed by atoms with Gasteiger partial charge in [-0.2, -0.15) is 0 Å². The summed E-state index contributed by atoms with van der Waals surface area (Å²) in [6.45, 7) is 20.3. The van der Waals surface area contributed by atoms with Crippen molar-refractivity contribution in [2.75, 3.05) is 41.5 Å². The number of cyclic esters (lactones) is 1. The number of carbonyl (C=O) groups excluding carboxylic acids is 3. The van der Waals surface area contributed by atoms with Crippen LogP contribution in [0.15, 0.2) is 0 Å². The lowest BCUT2D eigenvalue weighted by molar-refractivity contribution is -0.319. The monoisotopic (exact) mass is 946 g/mol. The molecule has 17 heteroatoms. The van der Waals surface area contributed by atoms with Gasteiger partial charge in [-0.05, 0) is 94.7 Å². The summed E-state index contributed by atoms with van der Waals surface area (Å²) in [5.74, 6) is -3.52. The van der Waals surface area contributed by atoms with E-state index in [1.54, 1.807) is 48.5 Å². The summed E-state index contributed by atoms with van der Waals surface area (Å²) >= 11 is 0. The van der Waals surface area contributed by atoms with Crippen molar-refractivity contribution in [1.29, 1.82) is 0 Å². The molecule has 3 rings (SSSR count). The molecule has 0 bridgehead atoms. The Kier molecular flexibility index (Phi) is 23.2. The number of likely N-dealkylation sites (N-methyl/N-ethyl adjacent to an activating group) is 1. The number of nitrogens with one attached hydrogen (secondary N) is 2. The van der Waals surface area contributed by atoms with Gasteiger partial charge in [0.15, 0.2) is 12.6 Å². The molecule has 5 N–H and O–H groups in total. The summed E-state index contributed by atoms with van der Waals surface area (Å²) in [6.07, 6.45) is -2.17. The number of hydrogen-bond donors (Lipinski definition) is 5. The second-order valence-corrected chi connectivity index (χ2v) is 20.5. The topological polar surface area (TPSA) is 213 Å². The lowest BCUT2D eigenvalue weighted by Gasteiger charge is -2.49. The number of carbonyl (C=O) groups is 3. The number of amides is 2. The molecule has 3 fully saturated rings. The molecule has 0 radical (unpaired) electrons. The van der Waals surface area contributed by atoms with E-state index in [4.69, 9.17) is 37.9 Å². The van der Waals surface area contributed by atoms with Crippen LogP contribution in [-0.2, 0) is 52.3 Å². The number of methoxy groups -OCH3 is 2. The third kappa shape index (κ3) is 15.2. The molecular formula is C49H91N3O14. The second-order valence-electron chi connectivity index (χ2n) is 20.5. The first-order chi connectivity index (χ1) is 30.9. The molecule has 2 amide bonds. The van der Waals surface area contributed by atoms with E-state index in [2.05, 4.69) is 17.6 Å². The summed E-state index contributed by atoms with van der Waals surface area (Å²) in [5, 5.41) is 41.3. The van der Waals surface area contributed by atoms with Gasteiger partial charge in [-0.1, -0.05) is 53.4 Å². The van der Waals surface area contributed by atoms with Crippen molar-refractivity contribution in [2.24, 2.45) is 17.8 Å². The van der Waals surface area contributed by atoms with Crippen LogP contribution in [0.2, 0.25) is 0 Å². The lowest BCUT2D eigenvalue weighted by Crippen LogP contribution is -2.61. The van der Waals surface area contributed by atoms with E-state index in [0.29, 0.717) is 25.8 Å². The number of nitrogens with zero attached hydrogens (tertiary/aromatic N) is 1. The number of aliphatic hydroxyl groups excluding tert-OH is 2. The average molecular weight is 946 g/mol. The van der Waals surface area contributed by atoms with Crippen molar-refractivity contribution in [2.45, 2.75) is 237 Å². The molecule has 0 aliphatic carbocycles. The molecule has 3 aliphatic heterocycles. The summed E-state index contributed by atoms with van der Waals surface area (Å²) in [7, 11) is 6.81. The van der Waals surface area contributed by atoms with Crippen LogP contribution in [0.4, 0.5) is 0 Å². The number of hydrogen-bond acceptors (Lipinski definition) is 15. The van der Waals surface area contributed by atoms with Crippen LogP contribution in [0.3, 0.4) is 0 Å². The Balaban J connectivity index is 2.08. The van der Waals surface area contributed by atoms with Gasteiger partial charge in [-0.25, -0.2) is 0 Å². The van der Waals surface area contributed by atoms with Crippen LogP contribution in [0.25, 0.3) is 0 Å². The van der Waals surface area contributed by atoms with Gasteiger partial charge in [-0.3, -0.25) is 14.4 Å². The van der Waals surface area contributed by atoms with Gasteiger partial charge < -0.3 is 68.7 Å². The molecule has 3 aliphatic rings. The van der Waals surface area contributed by atoms with E-state index in [1.165, 1.54) is 14.2 Å².